The van der Waals surface area contributed by atoms with Crippen LogP contribution in [0.1, 0.15) is 23.3 Å². The number of carbonyl (C=O) groups excluding carboxylic acids is 1. The highest BCUT2D eigenvalue weighted by molar-refractivity contribution is 7.99. The first kappa shape index (κ1) is 20.9. The molecule has 1 aliphatic carbocycles. The summed E-state index contributed by atoms with van der Waals surface area (Å²) in [6, 6.07) is 9.42. The number of nitrogens with zero attached hydrogens (tertiary/aromatic N) is 3. The fourth-order valence-electron chi connectivity index (χ4n) is 4.15. The second kappa shape index (κ2) is 8.88. The maximum Gasteiger partial charge on any atom is 0.263 e. The lowest BCUT2D eigenvalue weighted by Gasteiger charge is -2.12. The average molecular weight is 463 g/mol. The van der Waals surface area contributed by atoms with Gasteiger partial charge >= 0.3 is 0 Å². The zero-order chi connectivity index (χ0) is 22.1. The van der Waals surface area contributed by atoms with E-state index < -0.39 is 0 Å². The van der Waals surface area contributed by atoms with Crippen molar-refractivity contribution in [3.8, 4) is 0 Å². The lowest BCUT2D eigenvalue weighted by atomic mass is 9.97. The number of aryl methyl sites for hydroxylation is 2. The van der Waals surface area contributed by atoms with Crippen molar-refractivity contribution >= 4 is 55.8 Å². The van der Waals surface area contributed by atoms with Crippen molar-refractivity contribution in [2.75, 3.05) is 11.1 Å². The van der Waals surface area contributed by atoms with E-state index in [4.69, 9.17) is 4.98 Å². The van der Waals surface area contributed by atoms with E-state index >= 15 is 0 Å². The van der Waals surface area contributed by atoms with Gasteiger partial charge in [-0.1, -0.05) is 23.9 Å². The monoisotopic (exact) mass is 462 g/mol. The van der Waals surface area contributed by atoms with Crippen LogP contribution in [0.2, 0.25) is 0 Å². The number of nitrogens with one attached hydrogen (secondary N) is 1. The Balaban J connectivity index is 1.42. The molecule has 0 bridgehead atoms. The zero-order valence-corrected chi connectivity index (χ0v) is 19.1. The Hall–Kier alpha value is -2.97. The van der Waals surface area contributed by atoms with Crippen molar-refractivity contribution in [1.82, 2.24) is 14.5 Å². The van der Waals surface area contributed by atoms with Crippen LogP contribution >= 0.6 is 23.1 Å². The standard InChI is InChI=1S/C24H22N4O2S2/c1-2-13-28-23(30)21-16-7-3-4-11-19(16)32-22(21)27-24(28)31-14-20(29)26-18-10-5-9-17-15(18)8-6-12-25-17/h2,5-6,8-10,12H,1,3-4,7,11,13-14H2,(H,26,29). The van der Waals surface area contributed by atoms with Crippen LogP contribution < -0.4 is 10.9 Å². The van der Waals surface area contributed by atoms with Gasteiger partial charge in [-0.05, 0) is 55.5 Å². The number of thiophene rings is 1. The van der Waals surface area contributed by atoms with Gasteiger partial charge in [0.15, 0.2) is 5.16 Å². The largest absolute Gasteiger partial charge is 0.325 e. The Morgan fingerprint density at radius 2 is 2.12 bits per heavy atom. The van der Waals surface area contributed by atoms with E-state index in [0.29, 0.717) is 11.7 Å². The highest BCUT2D eigenvalue weighted by Crippen LogP contribution is 2.34. The molecule has 0 fully saturated rings. The van der Waals surface area contributed by atoms with Crippen LogP contribution in [0.3, 0.4) is 0 Å². The molecule has 1 amide bonds. The number of pyridine rings is 1. The van der Waals surface area contributed by atoms with Crippen LogP contribution in [-0.2, 0) is 24.2 Å². The summed E-state index contributed by atoms with van der Waals surface area (Å²) in [4.78, 5) is 37.2. The third-order valence-electron chi connectivity index (χ3n) is 5.60. The smallest absolute Gasteiger partial charge is 0.263 e. The Kier molecular flexibility index (Phi) is 5.80. The SMILES string of the molecule is C=CCn1c(SCC(=O)Nc2cccc3ncccc23)nc2sc3c(c2c1=O)CCCC3. The molecule has 0 spiro atoms. The van der Waals surface area contributed by atoms with E-state index in [9.17, 15) is 9.59 Å². The third-order valence-corrected chi connectivity index (χ3v) is 7.77. The van der Waals surface area contributed by atoms with Crippen LogP contribution in [0.5, 0.6) is 0 Å². The van der Waals surface area contributed by atoms with Crippen LogP contribution in [0, 0.1) is 0 Å². The van der Waals surface area contributed by atoms with Gasteiger partial charge in [-0.2, -0.15) is 0 Å². The van der Waals surface area contributed by atoms with E-state index in [2.05, 4.69) is 16.9 Å². The lowest BCUT2D eigenvalue weighted by molar-refractivity contribution is -0.113. The highest BCUT2D eigenvalue weighted by atomic mass is 32.2. The van der Waals surface area contributed by atoms with E-state index in [1.165, 1.54) is 22.2 Å². The molecular formula is C24H22N4O2S2. The number of carbonyl (C=O) groups is 1. The van der Waals surface area contributed by atoms with E-state index in [1.807, 2.05) is 30.3 Å². The summed E-state index contributed by atoms with van der Waals surface area (Å²) >= 11 is 2.90. The maximum absolute atomic E-state index is 13.3. The summed E-state index contributed by atoms with van der Waals surface area (Å²) < 4.78 is 1.64. The van der Waals surface area contributed by atoms with E-state index in [-0.39, 0.29) is 17.2 Å². The Bertz CT molecular complexity index is 1400. The number of allylic oxidation sites excluding steroid dienone is 1. The Morgan fingerprint density at radius 3 is 3.00 bits per heavy atom. The molecule has 4 aromatic rings. The summed E-state index contributed by atoms with van der Waals surface area (Å²) in [5, 5.41) is 5.16. The highest BCUT2D eigenvalue weighted by Gasteiger charge is 2.22. The quantitative estimate of drug-likeness (QED) is 0.253. The number of amides is 1. The first-order chi connectivity index (χ1) is 15.7. The zero-order valence-electron chi connectivity index (χ0n) is 17.5. The molecule has 1 aromatic carbocycles. The molecule has 0 unspecified atom stereocenters. The summed E-state index contributed by atoms with van der Waals surface area (Å²) in [5.41, 5.74) is 2.69. The number of hydrogen-bond acceptors (Lipinski definition) is 6. The molecule has 162 valence electrons. The fourth-order valence-corrected chi connectivity index (χ4v) is 6.26. The predicted molar refractivity (Wildman–Crippen MR) is 132 cm³/mol. The molecule has 0 saturated carbocycles. The molecule has 3 heterocycles. The van der Waals surface area contributed by atoms with Gasteiger partial charge in [-0.25, -0.2) is 4.98 Å². The minimum absolute atomic E-state index is 0.0302. The number of aromatic nitrogens is 3. The maximum atomic E-state index is 13.3. The number of fused-ring (bicyclic) bond motifs is 4. The Labute approximate surface area is 193 Å². The van der Waals surface area contributed by atoms with Gasteiger partial charge in [0.2, 0.25) is 5.91 Å². The van der Waals surface area contributed by atoms with Gasteiger partial charge in [-0.15, -0.1) is 17.9 Å². The van der Waals surface area contributed by atoms with E-state index in [1.54, 1.807) is 28.2 Å². The molecule has 5 rings (SSSR count). The summed E-state index contributed by atoms with van der Waals surface area (Å²) in [6.45, 7) is 4.16. The topological polar surface area (TPSA) is 76.9 Å². The van der Waals surface area contributed by atoms with Crippen LogP contribution in [-0.4, -0.2) is 26.2 Å². The average Bonchev–Trinajstić information content (AvgIpc) is 3.18. The first-order valence-electron chi connectivity index (χ1n) is 10.6. The van der Waals surface area contributed by atoms with Crippen molar-refractivity contribution < 1.29 is 4.79 Å². The third kappa shape index (κ3) is 3.84. The number of benzene rings is 1. The molecule has 1 aliphatic rings. The minimum atomic E-state index is -0.156. The molecule has 8 heteroatoms. The van der Waals surface area contributed by atoms with Gasteiger partial charge in [-0.3, -0.25) is 19.1 Å². The second-order valence-electron chi connectivity index (χ2n) is 7.70. The molecule has 32 heavy (non-hydrogen) atoms. The van der Waals surface area contributed by atoms with Crippen LogP contribution in [0.4, 0.5) is 5.69 Å². The van der Waals surface area contributed by atoms with Crippen molar-refractivity contribution in [3.63, 3.8) is 0 Å². The first-order valence-corrected chi connectivity index (χ1v) is 12.4. The lowest BCUT2D eigenvalue weighted by Crippen LogP contribution is -2.24. The molecule has 3 aromatic heterocycles. The summed E-state index contributed by atoms with van der Waals surface area (Å²) in [5.74, 6) is -0.00655. The minimum Gasteiger partial charge on any atom is -0.325 e. The Morgan fingerprint density at radius 1 is 1.25 bits per heavy atom. The van der Waals surface area contributed by atoms with Crippen LogP contribution in [0.25, 0.3) is 21.1 Å². The number of anilines is 1. The summed E-state index contributed by atoms with van der Waals surface area (Å²) in [7, 11) is 0. The van der Waals surface area contributed by atoms with Crippen molar-refractivity contribution in [2.45, 2.75) is 37.4 Å². The van der Waals surface area contributed by atoms with Crippen molar-refractivity contribution in [2.24, 2.45) is 0 Å². The van der Waals surface area contributed by atoms with Gasteiger partial charge in [0.1, 0.15) is 4.83 Å². The van der Waals surface area contributed by atoms with Gasteiger partial charge < -0.3 is 5.32 Å². The number of hydrogen-bond donors (Lipinski definition) is 1. The predicted octanol–water partition coefficient (Wildman–Crippen LogP) is 4.80. The molecule has 0 aliphatic heterocycles. The summed E-state index contributed by atoms with van der Waals surface area (Å²) in [6.07, 6.45) is 7.65. The molecule has 0 atom stereocenters. The fraction of sp³-hybridized carbons (Fsp3) is 0.250. The molecule has 0 saturated heterocycles. The van der Waals surface area contributed by atoms with Crippen molar-refractivity contribution in [1.29, 1.82) is 0 Å². The van der Waals surface area contributed by atoms with Gasteiger partial charge in [0, 0.05) is 23.0 Å². The second-order valence-corrected chi connectivity index (χ2v) is 9.73. The van der Waals surface area contributed by atoms with E-state index in [0.717, 1.165) is 52.5 Å². The normalized spacial score (nSPS) is 13.2. The molecule has 6 nitrogen and oxygen atoms in total. The molecule has 0 radical (unpaired) electrons. The van der Waals surface area contributed by atoms with Crippen LogP contribution in [0.15, 0.2) is 59.1 Å². The molecular weight excluding hydrogens is 440 g/mol. The number of thioether (sulfide) groups is 1. The van der Waals surface area contributed by atoms with Gasteiger partial charge in [0.25, 0.3) is 5.56 Å². The number of rotatable bonds is 6. The van der Waals surface area contributed by atoms with Gasteiger partial charge in [0.05, 0.1) is 22.3 Å². The molecule has 1 N–H and O–H groups in total. The van der Waals surface area contributed by atoms with Crippen molar-refractivity contribution in [3.05, 3.63) is 70.0 Å².